The van der Waals surface area contributed by atoms with Crippen molar-refractivity contribution in [3.05, 3.63) is 47.4 Å². The van der Waals surface area contributed by atoms with E-state index in [0.29, 0.717) is 5.92 Å². The quantitative estimate of drug-likeness (QED) is 0.858. The number of rotatable bonds is 3. The number of hydrogen-bond acceptors (Lipinski definition) is 4. The van der Waals surface area contributed by atoms with Gasteiger partial charge in [0.15, 0.2) is 0 Å². The van der Waals surface area contributed by atoms with E-state index in [9.17, 15) is 0 Å². The summed E-state index contributed by atoms with van der Waals surface area (Å²) in [7, 11) is 0. The Bertz CT molecular complexity index is 590. The average molecular weight is 269 g/mol. The van der Waals surface area contributed by atoms with Crippen LogP contribution in [0.25, 0.3) is 0 Å². The fourth-order valence-electron chi connectivity index (χ4n) is 3.09. The molecule has 20 heavy (non-hydrogen) atoms. The van der Waals surface area contributed by atoms with E-state index in [2.05, 4.69) is 14.9 Å². The molecule has 2 aromatic heterocycles. The van der Waals surface area contributed by atoms with E-state index in [4.69, 9.17) is 4.42 Å². The summed E-state index contributed by atoms with van der Waals surface area (Å²) in [5.41, 5.74) is 4.02. The van der Waals surface area contributed by atoms with Crippen LogP contribution in [0.4, 0.5) is 0 Å². The van der Waals surface area contributed by atoms with Crippen LogP contribution in [0.5, 0.6) is 0 Å². The smallest absolute Gasteiger partial charge is 0.117 e. The molecule has 1 aliphatic heterocycles. The summed E-state index contributed by atoms with van der Waals surface area (Å²) in [5, 5.41) is 0. The predicted octanol–water partition coefficient (Wildman–Crippen LogP) is 2.55. The number of hydrogen-bond donors (Lipinski definition) is 0. The van der Waals surface area contributed by atoms with Gasteiger partial charge >= 0.3 is 0 Å². The Hall–Kier alpha value is -1.68. The van der Waals surface area contributed by atoms with E-state index in [-0.39, 0.29) is 0 Å². The van der Waals surface area contributed by atoms with Crippen LogP contribution in [0.1, 0.15) is 41.5 Å². The Morgan fingerprint density at radius 1 is 1.20 bits per heavy atom. The van der Waals surface area contributed by atoms with Crippen molar-refractivity contribution in [2.24, 2.45) is 0 Å². The van der Waals surface area contributed by atoms with Crippen molar-refractivity contribution >= 4 is 0 Å². The Kier molecular flexibility index (Phi) is 3.03. The Morgan fingerprint density at radius 3 is 2.90 bits per heavy atom. The summed E-state index contributed by atoms with van der Waals surface area (Å²) < 4.78 is 5.46. The minimum atomic E-state index is 0.711. The van der Waals surface area contributed by atoms with E-state index < -0.39 is 0 Å². The van der Waals surface area contributed by atoms with E-state index in [1.54, 1.807) is 12.6 Å². The van der Waals surface area contributed by atoms with Crippen LogP contribution in [-0.4, -0.2) is 28.0 Å². The first-order valence-corrected chi connectivity index (χ1v) is 7.47. The Labute approximate surface area is 118 Å². The summed E-state index contributed by atoms with van der Waals surface area (Å²) in [6.07, 6.45) is 8.22. The molecule has 4 heteroatoms. The van der Waals surface area contributed by atoms with Crippen molar-refractivity contribution in [3.8, 4) is 0 Å². The lowest BCUT2D eigenvalue weighted by molar-refractivity contribution is 0.255. The maximum Gasteiger partial charge on any atom is 0.117 e. The zero-order chi connectivity index (χ0) is 13.4. The molecule has 0 spiro atoms. The number of fused-ring (bicyclic) bond motifs is 1. The van der Waals surface area contributed by atoms with E-state index >= 15 is 0 Å². The standard InChI is InChI=1S/C16H19N3O/c1-2-13(20-9-1)10-19-7-5-14-15(6-8-19)17-11-18-16(14)12-3-4-12/h1-2,9,11-12H,3-8,10H2. The van der Waals surface area contributed by atoms with Crippen molar-refractivity contribution in [2.75, 3.05) is 13.1 Å². The SMILES string of the molecule is c1coc(CN2CCc3ncnc(C4CC4)c3CC2)c1. The second-order valence-corrected chi connectivity index (χ2v) is 5.81. The molecule has 3 heterocycles. The number of aromatic nitrogens is 2. The van der Waals surface area contributed by atoms with Gasteiger partial charge in [-0.3, -0.25) is 4.90 Å². The third-order valence-electron chi connectivity index (χ3n) is 4.33. The highest BCUT2D eigenvalue weighted by Gasteiger charge is 2.30. The zero-order valence-electron chi connectivity index (χ0n) is 11.6. The van der Waals surface area contributed by atoms with Crippen LogP contribution in [0, 0.1) is 0 Å². The Balaban J connectivity index is 1.52. The maximum atomic E-state index is 5.46. The molecule has 2 aromatic rings. The van der Waals surface area contributed by atoms with E-state index in [1.807, 2.05) is 12.1 Å². The fourth-order valence-corrected chi connectivity index (χ4v) is 3.09. The van der Waals surface area contributed by atoms with Crippen molar-refractivity contribution < 1.29 is 4.42 Å². The normalized spacial score (nSPS) is 19.6. The summed E-state index contributed by atoms with van der Waals surface area (Å²) in [4.78, 5) is 11.5. The molecule has 0 aromatic carbocycles. The van der Waals surface area contributed by atoms with Crippen molar-refractivity contribution in [2.45, 2.75) is 38.1 Å². The molecule has 0 atom stereocenters. The molecule has 0 radical (unpaired) electrons. The van der Waals surface area contributed by atoms with Crippen LogP contribution in [0.3, 0.4) is 0 Å². The van der Waals surface area contributed by atoms with Crippen molar-refractivity contribution in [3.63, 3.8) is 0 Å². The molecule has 0 amide bonds. The van der Waals surface area contributed by atoms with Crippen LogP contribution >= 0.6 is 0 Å². The van der Waals surface area contributed by atoms with E-state index in [0.717, 1.165) is 38.2 Å². The van der Waals surface area contributed by atoms with Crippen molar-refractivity contribution in [1.82, 2.24) is 14.9 Å². The van der Waals surface area contributed by atoms with E-state index in [1.165, 1.54) is 29.8 Å². The van der Waals surface area contributed by atoms with Crippen molar-refractivity contribution in [1.29, 1.82) is 0 Å². The van der Waals surface area contributed by atoms with Gasteiger partial charge < -0.3 is 4.42 Å². The fraction of sp³-hybridized carbons (Fsp3) is 0.500. The first-order chi connectivity index (χ1) is 9.90. The average Bonchev–Trinajstić information content (AvgIpc) is 3.22. The summed E-state index contributed by atoms with van der Waals surface area (Å²) >= 11 is 0. The molecule has 0 unspecified atom stereocenters. The number of furan rings is 1. The highest BCUT2D eigenvalue weighted by atomic mass is 16.3. The molecule has 0 N–H and O–H groups in total. The monoisotopic (exact) mass is 269 g/mol. The lowest BCUT2D eigenvalue weighted by atomic mass is 10.0. The molecule has 4 nitrogen and oxygen atoms in total. The first-order valence-electron chi connectivity index (χ1n) is 7.47. The highest BCUT2D eigenvalue weighted by molar-refractivity contribution is 5.31. The second-order valence-electron chi connectivity index (χ2n) is 5.81. The largest absolute Gasteiger partial charge is 0.468 e. The van der Waals surface area contributed by atoms with Gasteiger partial charge in [0, 0.05) is 31.1 Å². The van der Waals surface area contributed by atoms with Gasteiger partial charge in [-0.2, -0.15) is 0 Å². The maximum absolute atomic E-state index is 5.46. The first kappa shape index (κ1) is 12.1. The predicted molar refractivity (Wildman–Crippen MR) is 75.4 cm³/mol. The summed E-state index contributed by atoms with van der Waals surface area (Å²) in [5.74, 6) is 1.76. The van der Waals surface area contributed by atoms with Gasteiger partial charge in [0.25, 0.3) is 0 Å². The third kappa shape index (κ3) is 2.36. The Morgan fingerprint density at radius 2 is 2.10 bits per heavy atom. The second kappa shape index (κ2) is 5.02. The third-order valence-corrected chi connectivity index (χ3v) is 4.33. The van der Waals surface area contributed by atoms with Gasteiger partial charge in [-0.1, -0.05) is 0 Å². The minimum Gasteiger partial charge on any atom is -0.468 e. The summed E-state index contributed by atoms with van der Waals surface area (Å²) in [6, 6.07) is 4.01. The lowest BCUT2D eigenvalue weighted by Gasteiger charge is -2.17. The van der Waals surface area contributed by atoms with Crippen LogP contribution in [0.2, 0.25) is 0 Å². The minimum absolute atomic E-state index is 0.711. The zero-order valence-corrected chi connectivity index (χ0v) is 11.6. The van der Waals surface area contributed by atoms with Gasteiger partial charge in [0.05, 0.1) is 18.5 Å². The molecule has 1 aliphatic carbocycles. The number of nitrogens with zero attached hydrogens (tertiary/aromatic N) is 3. The van der Waals surface area contributed by atoms with Crippen LogP contribution in [0.15, 0.2) is 29.1 Å². The molecular formula is C16H19N3O. The van der Waals surface area contributed by atoms with Gasteiger partial charge in [0.1, 0.15) is 12.1 Å². The molecule has 0 bridgehead atoms. The molecule has 1 fully saturated rings. The molecule has 1 saturated carbocycles. The molecule has 4 rings (SSSR count). The molecular weight excluding hydrogens is 250 g/mol. The summed E-state index contributed by atoms with van der Waals surface area (Å²) in [6.45, 7) is 3.02. The molecule has 2 aliphatic rings. The van der Waals surface area contributed by atoms with Gasteiger partial charge in [-0.25, -0.2) is 9.97 Å². The van der Waals surface area contributed by atoms with Crippen LogP contribution < -0.4 is 0 Å². The highest BCUT2D eigenvalue weighted by Crippen LogP contribution is 2.41. The molecule has 0 saturated heterocycles. The van der Waals surface area contributed by atoms with Gasteiger partial charge in [0.2, 0.25) is 0 Å². The van der Waals surface area contributed by atoms with Crippen LogP contribution in [-0.2, 0) is 19.4 Å². The van der Waals surface area contributed by atoms with Gasteiger partial charge in [-0.05, 0) is 37.0 Å². The topological polar surface area (TPSA) is 42.2 Å². The molecule has 104 valence electrons. The van der Waals surface area contributed by atoms with Gasteiger partial charge in [-0.15, -0.1) is 0 Å². The lowest BCUT2D eigenvalue weighted by Crippen LogP contribution is -2.25.